The number of anilines is 2. The van der Waals surface area contributed by atoms with Crippen LogP contribution in [0.15, 0.2) is 30.6 Å². The number of benzene rings is 1. The van der Waals surface area contributed by atoms with Crippen molar-refractivity contribution in [3.8, 4) is 0 Å². The molecule has 0 aliphatic carbocycles. The molecular formula is C12H11FN4S. The molecule has 0 aliphatic rings. The van der Waals surface area contributed by atoms with E-state index in [1.165, 1.54) is 23.5 Å². The van der Waals surface area contributed by atoms with E-state index in [2.05, 4.69) is 15.4 Å². The van der Waals surface area contributed by atoms with Crippen molar-refractivity contribution in [3.63, 3.8) is 0 Å². The largest absolute Gasteiger partial charge is 0.329 e. The molecule has 3 aromatic rings. The van der Waals surface area contributed by atoms with Crippen molar-refractivity contribution in [3.05, 3.63) is 36.4 Å². The second kappa shape index (κ2) is 4.38. The van der Waals surface area contributed by atoms with Crippen LogP contribution in [0.5, 0.6) is 0 Å². The molecule has 0 saturated carbocycles. The lowest BCUT2D eigenvalue weighted by atomic mass is 10.3. The van der Waals surface area contributed by atoms with Crippen LogP contribution in [0.4, 0.5) is 15.2 Å². The van der Waals surface area contributed by atoms with Crippen molar-refractivity contribution < 1.29 is 4.39 Å². The fourth-order valence-corrected chi connectivity index (χ4v) is 2.54. The fourth-order valence-electron chi connectivity index (χ4n) is 1.68. The summed E-state index contributed by atoms with van der Waals surface area (Å²) < 4.78 is 15.8. The Balaban J connectivity index is 1.90. The van der Waals surface area contributed by atoms with Gasteiger partial charge in [-0.25, -0.2) is 9.37 Å². The number of aryl methyl sites for hydroxylation is 1. The molecule has 0 spiro atoms. The van der Waals surface area contributed by atoms with Crippen LogP contribution in [0.25, 0.3) is 10.2 Å². The zero-order valence-electron chi connectivity index (χ0n) is 9.72. The number of fused-ring (bicyclic) bond motifs is 1. The third-order valence-corrected chi connectivity index (χ3v) is 3.51. The molecule has 2 aromatic heterocycles. The summed E-state index contributed by atoms with van der Waals surface area (Å²) in [5.74, 6) is -0.266. The summed E-state index contributed by atoms with van der Waals surface area (Å²) >= 11 is 1.49. The highest BCUT2D eigenvalue weighted by molar-refractivity contribution is 7.22. The third-order valence-electron chi connectivity index (χ3n) is 2.56. The van der Waals surface area contributed by atoms with Gasteiger partial charge in [-0.3, -0.25) is 4.68 Å². The highest BCUT2D eigenvalue weighted by Crippen LogP contribution is 2.28. The molecule has 18 heavy (non-hydrogen) atoms. The molecule has 0 bridgehead atoms. The van der Waals surface area contributed by atoms with Gasteiger partial charge in [-0.1, -0.05) is 11.3 Å². The molecule has 0 unspecified atom stereocenters. The van der Waals surface area contributed by atoms with E-state index >= 15 is 0 Å². The first-order valence-corrected chi connectivity index (χ1v) is 6.42. The Kier molecular flexibility index (Phi) is 2.71. The molecule has 2 heterocycles. The summed E-state index contributed by atoms with van der Waals surface area (Å²) in [6.45, 7) is 2.85. The third kappa shape index (κ3) is 2.06. The fraction of sp³-hybridized carbons (Fsp3) is 0.167. The SMILES string of the molecule is CCn1cc(Nc2nc3cc(F)ccc3s2)cn1. The molecule has 0 saturated heterocycles. The molecule has 0 amide bonds. The predicted molar refractivity (Wildman–Crippen MR) is 70.8 cm³/mol. The van der Waals surface area contributed by atoms with Crippen LogP contribution >= 0.6 is 11.3 Å². The van der Waals surface area contributed by atoms with Gasteiger partial charge in [0.15, 0.2) is 5.13 Å². The lowest BCUT2D eigenvalue weighted by Crippen LogP contribution is -1.92. The first kappa shape index (κ1) is 11.2. The van der Waals surface area contributed by atoms with E-state index in [1.807, 2.05) is 17.8 Å². The molecular weight excluding hydrogens is 251 g/mol. The standard InChI is InChI=1S/C12H11FN4S/c1-2-17-7-9(6-14-17)15-12-16-10-5-8(13)3-4-11(10)18-12/h3-7H,2H2,1H3,(H,15,16). The first-order valence-electron chi connectivity index (χ1n) is 5.60. The maximum absolute atomic E-state index is 13.1. The number of hydrogen-bond donors (Lipinski definition) is 1. The van der Waals surface area contributed by atoms with Gasteiger partial charge in [0.05, 0.1) is 22.1 Å². The zero-order valence-corrected chi connectivity index (χ0v) is 10.5. The average Bonchev–Trinajstić information content (AvgIpc) is 2.95. The Morgan fingerprint density at radius 2 is 2.33 bits per heavy atom. The van der Waals surface area contributed by atoms with Crippen LogP contribution in [-0.4, -0.2) is 14.8 Å². The normalized spacial score (nSPS) is 11.0. The molecule has 0 atom stereocenters. The maximum atomic E-state index is 13.1. The van der Waals surface area contributed by atoms with Gasteiger partial charge < -0.3 is 5.32 Å². The second-order valence-corrected chi connectivity index (χ2v) is 4.87. The van der Waals surface area contributed by atoms with Gasteiger partial charge in [0.2, 0.25) is 0 Å². The maximum Gasteiger partial charge on any atom is 0.188 e. The molecule has 92 valence electrons. The lowest BCUT2D eigenvalue weighted by Gasteiger charge is -1.95. The van der Waals surface area contributed by atoms with Gasteiger partial charge in [-0.2, -0.15) is 5.10 Å². The van der Waals surface area contributed by atoms with E-state index in [0.29, 0.717) is 5.52 Å². The van der Waals surface area contributed by atoms with Gasteiger partial charge in [0, 0.05) is 18.8 Å². The number of thiazole rings is 1. The average molecular weight is 262 g/mol. The molecule has 0 aliphatic heterocycles. The molecule has 3 rings (SSSR count). The minimum atomic E-state index is -0.266. The summed E-state index contributed by atoms with van der Waals surface area (Å²) in [6, 6.07) is 4.62. The molecule has 1 N–H and O–H groups in total. The Labute approximate surface area is 107 Å². The highest BCUT2D eigenvalue weighted by Gasteiger charge is 2.06. The van der Waals surface area contributed by atoms with Crippen molar-refractivity contribution in [2.45, 2.75) is 13.5 Å². The summed E-state index contributed by atoms with van der Waals surface area (Å²) in [5, 5.41) is 8.08. The minimum absolute atomic E-state index is 0.266. The van der Waals surface area contributed by atoms with E-state index in [-0.39, 0.29) is 5.82 Å². The van der Waals surface area contributed by atoms with Gasteiger partial charge >= 0.3 is 0 Å². The van der Waals surface area contributed by atoms with Crippen molar-refractivity contribution in [1.29, 1.82) is 0 Å². The summed E-state index contributed by atoms with van der Waals surface area (Å²) in [4.78, 5) is 4.33. The second-order valence-electron chi connectivity index (χ2n) is 3.84. The molecule has 6 heteroatoms. The van der Waals surface area contributed by atoms with E-state index in [1.54, 1.807) is 12.3 Å². The summed E-state index contributed by atoms with van der Waals surface area (Å²) in [5.41, 5.74) is 1.56. The topological polar surface area (TPSA) is 42.7 Å². The van der Waals surface area contributed by atoms with Crippen LogP contribution < -0.4 is 5.32 Å². The number of nitrogens with one attached hydrogen (secondary N) is 1. The predicted octanol–water partition coefficient (Wildman–Crippen LogP) is 3.40. The first-order chi connectivity index (χ1) is 8.74. The molecule has 1 aromatic carbocycles. The lowest BCUT2D eigenvalue weighted by molar-refractivity contribution is 0.629. The van der Waals surface area contributed by atoms with E-state index in [0.717, 1.165) is 22.1 Å². The van der Waals surface area contributed by atoms with Crippen molar-refractivity contribution in [2.24, 2.45) is 0 Å². The van der Waals surface area contributed by atoms with Crippen LogP contribution in [0.2, 0.25) is 0 Å². The Morgan fingerprint density at radius 3 is 3.11 bits per heavy atom. The number of hydrogen-bond acceptors (Lipinski definition) is 4. The number of rotatable bonds is 3. The van der Waals surface area contributed by atoms with Gasteiger partial charge in [0.1, 0.15) is 5.82 Å². The van der Waals surface area contributed by atoms with Crippen molar-refractivity contribution in [1.82, 2.24) is 14.8 Å². The van der Waals surface area contributed by atoms with Crippen LogP contribution in [-0.2, 0) is 6.54 Å². The summed E-state index contributed by atoms with van der Waals surface area (Å²) in [6.07, 6.45) is 3.66. The van der Waals surface area contributed by atoms with Crippen LogP contribution in [0.1, 0.15) is 6.92 Å². The van der Waals surface area contributed by atoms with Crippen LogP contribution in [0, 0.1) is 5.82 Å². The molecule has 0 radical (unpaired) electrons. The van der Waals surface area contributed by atoms with Gasteiger partial charge in [0.25, 0.3) is 0 Å². The Bertz CT molecular complexity index is 688. The van der Waals surface area contributed by atoms with Crippen molar-refractivity contribution in [2.75, 3.05) is 5.32 Å². The molecule has 0 fully saturated rings. The van der Waals surface area contributed by atoms with Gasteiger partial charge in [-0.15, -0.1) is 0 Å². The van der Waals surface area contributed by atoms with E-state index in [4.69, 9.17) is 0 Å². The minimum Gasteiger partial charge on any atom is -0.329 e. The smallest absolute Gasteiger partial charge is 0.188 e. The number of nitrogens with zero attached hydrogens (tertiary/aromatic N) is 3. The number of aromatic nitrogens is 3. The zero-order chi connectivity index (χ0) is 12.5. The Hall–Kier alpha value is -1.95. The molecule has 4 nitrogen and oxygen atoms in total. The van der Waals surface area contributed by atoms with E-state index < -0.39 is 0 Å². The van der Waals surface area contributed by atoms with E-state index in [9.17, 15) is 4.39 Å². The quantitative estimate of drug-likeness (QED) is 0.786. The Morgan fingerprint density at radius 1 is 1.44 bits per heavy atom. The highest BCUT2D eigenvalue weighted by atomic mass is 32.1. The summed E-state index contributed by atoms with van der Waals surface area (Å²) in [7, 11) is 0. The monoisotopic (exact) mass is 262 g/mol. The van der Waals surface area contributed by atoms with Crippen LogP contribution in [0.3, 0.4) is 0 Å². The van der Waals surface area contributed by atoms with Gasteiger partial charge in [-0.05, 0) is 19.1 Å². The number of halogens is 1. The van der Waals surface area contributed by atoms with Crippen molar-refractivity contribution >= 4 is 32.4 Å².